The number of carbonyl (C=O) groups is 1. The number of nitrogens with zero attached hydrogens (tertiary/aromatic N) is 4. The summed E-state index contributed by atoms with van der Waals surface area (Å²) in [5.74, 6) is 0.722. The highest BCUT2D eigenvalue weighted by Crippen LogP contribution is 2.41. The van der Waals surface area contributed by atoms with Gasteiger partial charge in [0.05, 0.1) is 12.3 Å². The number of hydrogen-bond acceptors (Lipinski definition) is 5. The average molecular weight is 425 g/mol. The van der Waals surface area contributed by atoms with Gasteiger partial charge in [-0.3, -0.25) is 4.79 Å². The summed E-state index contributed by atoms with van der Waals surface area (Å²) in [5, 5.41) is 0.944. The quantitative estimate of drug-likeness (QED) is 0.529. The molecule has 0 unspecified atom stereocenters. The second-order valence-electron chi connectivity index (χ2n) is 8.44. The molecule has 1 amide bonds. The first-order valence-electron chi connectivity index (χ1n) is 11.0. The Morgan fingerprint density at radius 3 is 2.72 bits per heavy atom. The van der Waals surface area contributed by atoms with Gasteiger partial charge in [-0.1, -0.05) is 30.3 Å². The standard InChI is InChI=1S/C25H23N5O2/c31-24(20-15-18-7-4-11-26-23(18)28-20)30-12-9-25(10-13-30)21-19(8-14-32-25)16-27-22(29-21)17-5-2-1-3-6-17/h1-7,11,15-16H,8-10,12-14H2,(H,26,28). The van der Waals surface area contributed by atoms with E-state index in [0.29, 0.717) is 25.4 Å². The number of ether oxygens (including phenoxy) is 1. The second kappa shape index (κ2) is 7.53. The molecule has 0 bridgehead atoms. The number of aromatic amines is 1. The topological polar surface area (TPSA) is 84.0 Å². The van der Waals surface area contributed by atoms with Gasteiger partial charge in [-0.05, 0) is 43.0 Å². The Hall–Kier alpha value is -3.58. The van der Waals surface area contributed by atoms with Crippen LogP contribution in [0.25, 0.3) is 22.4 Å². The number of rotatable bonds is 2. The van der Waals surface area contributed by atoms with Crippen molar-refractivity contribution < 1.29 is 9.53 Å². The molecular formula is C25H23N5O2. The zero-order valence-electron chi connectivity index (χ0n) is 17.6. The van der Waals surface area contributed by atoms with E-state index in [1.165, 1.54) is 0 Å². The Kier molecular flexibility index (Phi) is 4.50. The van der Waals surface area contributed by atoms with Gasteiger partial charge in [0.25, 0.3) is 5.91 Å². The molecule has 1 aromatic carbocycles. The maximum atomic E-state index is 13.1. The van der Waals surface area contributed by atoms with Crippen molar-refractivity contribution in [2.75, 3.05) is 19.7 Å². The Labute approximate surface area is 185 Å². The molecule has 2 aliphatic rings. The predicted octanol–water partition coefficient (Wildman–Crippen LogP) is 3.72. The van der Waals surface area contributed by atoms with Crippen molar-refractivity contribution in [2.45, 2.75) is 24.9 Å². The number of nitrogens with one attached hydrogen (secondary N) is 1. The largest absolute Gasteiger partial charge is 0.368 e. The van der Waals surface area contributed by atoms with E-state index in [4.69, 9.17) is 9.72 Å². The van der Waals surface area contributed by atoms with Gasteiger partial charge in [-0.25, -0.2) is 15.0 Å². The number of benzene rings is 1. The van der Waals surface area contributed by atoms with E-state index in [9.17, 15) is 4.79 Å². The van der Waals surface area contributed by atoms with Crippen LogP contribution in [0.1, 0.15) is 34.6 Å². The highest BCUT2D eigenvalue weighted by atomic mass is 16.5. The molecule has 7 heteroatoms. The minimum atomic E-state index is -0.459. The highest BCUT2D eigenvalue weighted by Gasteiger charge is 2.43. The minimum Gasteiger partial charge on any atom is -0.368 e. The van der Waals surface area contributed by atoms with Crippen molar-refractivity contribution in [2.24, 2.45) is 0 Å². The van der Waals surface area contributed by atoms with E-state index in [0.717, 1.165) is 52.9 Å². The van der Waals surface area contributed by atoms with Crippen LogP contribution >= 0.6 is 0 Å². The third kappa shape index (κ3) is 3.17. The fourth-order valence-electron chi connectivity index (χ4n) is 4.83. The van der Waals surface area contributed by atoms with Crippen LogP contribution in [0.3, 0.4) is 0 Å². The van der Waals surface area contributed by atoms with Gasteiger partial charge in [0.2, 0.25) is 0 Å². The van der Waals surface area contributed by atoms with E-state index in [2.05, 4.69) is 15.0 Å². The minimum absolute atomic E-state index is 0.00143. The van der Waals surface area contributed by atoms with Crippen LogP contribution in [0.5, 0.6) is 0 Å². The molecule has 2 aliphatic heterocycles. The summed E-state index contributed by atoms with van der Waals surface area (Å²) in [7, 11) is 0. The zero-order chi connectivity index (χ0) is 21.5. The molecule has 160 valence electrons. The maximum Gasteiger partial charge on any atom is 0.270 e. The number of amides is 1. The molecule has 32 heavy (non-hydrogen) atoms. The lowest BCUT2D eigenvalue weighted by Crippen LogP contribution is -2.49. The third-order valence-corrected chi connectivity index (χ3v) is 6.56. The summed E-state index contributed by atoms with van der Waals surface area (Å²) in [6.45, 7) is 1.89. The van der Waals surface area contributed by atoms with E-state index in [-0.39, 0.29) is 5.91 Å². The van der Waals surface area contributed by atoms with Gasteiger partial charge in [0.15, 0.2) is 5.82 Å². The molecule has 0 atom stereocenters. The Balaban J connectivity index is 1.26. The van der Waals surface area contributed by atoms with Gasteiger partial charge in [-0.2, -0.15) is 0 Å². The summed E-state index contributed by atoms with van der Waals surface area (Å²) in [5.41, 5.74) is 3.99. The predicted molar refractivity (Wildman–Crippen MR) is 120 cm³/mol. The molecule has 7 nitrogen and oxygen atoms in total. The van der Waals surface area contributed by atoms with Crippen molar-refractivity contribution >= 4 is 16.9 Å². The molecule has 4 aromatic rings. The molecule has 1 spiro atoms. The van der Waals surface area contributed by atoms with Gasteiger partial charge < -0.3 is 14.6 Å². The number of pyridine rings is 1. The van der Waals surface area contributed by atoms with Crippen molar-refractivity contribution in [3.63, 3.8) is 0 Å². The first kappa shape index (κ1) is 19.1. The molecule has 0 saturated carbocycles. The molecule has 0 aliphatic carbocycles. The first-order valence-corrected chi connectivity index (χ1v) is 11.0. The van der Waals surface area contributed by atoms with E-state index in [1.807, 2.05) is 59.6 Å². The third-order valence-electron chi connectivity index (χ3n) is 6.56. The van der Waals surface area contributed by atoms with Gasteiger partial charge in [0, 0.05) is 36.4 Å². The number of H-pyrrole nitrogens is 1. The molecule has 1 saturated heterocycles. The van der Waals surface area contributed by atoms with Crippen LogP contribution in [0.15, 0.2) is 60.9 Å². The first-order chi connectivity index (χ1) is 15.7. The van der Waals surface area contributed by atoms with Crippen molar-refractivity contribution in [3.05, 3.63) is 77.9 Å². The van der Waals surface area contributed by atoms with Crippen molar-refractivity contribution in [1.82, 2.24) is 24.8 Å². The van der Waals surface area contributed by atoms with Gasteiger partial charge in [-0.15, -0.1) is 0 Å². The summed E-state index contributed by atoms with van der Waals surface area (Å²) in [6.07, 6.45) is 5.92. The number of likely N-dealkylation sites (tertiary alicyclic amines) is 1. The zero-order valence-corrected chi connectivity index (χ0v) is 17.6. The lowest BCUT2D eigenvalue weighted by molar-refractivity contribution is -0.0967. The number of fused-ring (bicyclic) bond motifs is 3. The second-order valence-corrected chi connectivity index (χ2v) is 8.44. The van der Waals surface area contributed by atoms with Crippen molar-refractivity contribution in [1.29, 1.82) is 0 Å². The van der Waals surface area contributed by atoms with Crippen LogP contribution in [-0.4, -0.2) is 50.4 Å². The van der Waals surface area contributed by atoms with Crippen LogP contribution in [0.2, 0.25) is 0 Å². The number of hydrogen-bond donors (Lipinski definition) is 1. The summed E-state index contributed by atoms with van der Waals surface area (Å²) >= 11 is 0. The Morgan fingerprint density at radius 1 is 1.06 bits per heavy atom. The fraction of sp³-hybridized carbons (Fsp3) is 0.280. The molecule has 1 N–H and O–H groups in total. The van der Waals surface area contributed by atoms with Gasteiger partial charge >= 0.3 is 0 Å². The van der Waals surface area contributed by atoms with Crippen LogP contribution in [0.4, 0.5) is 0 Å². The van der Waals surface area contributed by atoms with E-state index >= 15 is 0 Å². The summed E-state index contributed by atoms with van der Waals surface area (Å²) < 4.78 is 6.36. The van der Waals surface area contributed by atoms with E-state index < -0.39 is 5.60 Å². The lowest BCUT2D eigenvalue weighted by atomic mass is 9.83. The Bertz CT molecular complexity index is 1260. The van der Waals surface area contributed by atoms with E-state index in [1.54, 1.807) is 6.20 Å². The number of carbonyl (C=O) groups excluding carboxylic acids is 1. The smallest absolute Gasteiger partial charge is 0.270 e. The Morgan fingerprint density at radius 2 is 1.91 bits per heavy atom. The van der Waals surface area contributed by atoms with Crippen molar-refractivity contribution in [3.8, 4) is 11.4 Å². The molecule has 5 heterocycles. The molecule has 6 rings (SSSR count). The normalized spacial score (nSPS) is 17.4. The molecular weight excluding hydrogens is 402 g/mol. The lowest BCUT2D eigenvalue weighted by Gasteiger charge is -2.44. The molecule has 0 radical (unpaired) electrons. The number of aromatic nitrogens is 4. The maximum absolute atomic E-state index is 13.1. The van der Waals surface area contributed by atoms with Gasteiger partial charge in [0.1, 0.15) is 16.9 Å². The monoisotopic (exact) mass is 425 g/mol. The fourth-order valence-corrected chi connectivity index (χ4v) is 4.83. The average Bonchev–Trinajstić information content (AvgIpc) is 3.29. The van der Waals surface area contributed by atoms with Crippen LogP contribution in [-0.2, 0) is 16.8 Å². The summed E-state index contributed by atoms with van der Waals surface area (Å²) in [4.78, 5) is 32.0. The molecule has 3 aromatic heterocycles. The van der Waals surface area contributed by atoms with Crippen LogP contribution < -0.4 is 0 Å². The summed E-state index contributed by atoms with van der Waals surface area (Å²) in [6, 6.07) is 15.7. The highest BCUT2D eigenvalue weighted by molar-refractivity contribution is 5.97. The SMILES string of the molecule is O=C(c1cc2cccnc2[nH]1)N1CCC2(CC1)OCCc1cnc(-c3ccccc3)nc12. The molecule has 1 fully saturated rings. The van der Waals surface area contributed by atoms with Crippen LogP contribution in [0, 0.1) is 0 Å². The number of piperidine rings is 1.